The molecule has 1 aromatic heterocycles. The van der Waals surface area contributed by atoms with Crippen molar-refractivity contribution in [3.63, 3.8) is 0 Å². The minimum absolute atomic E-state index is 0.333. The molecule has 2 amide bonds. The molecule has 0 aliphatic rings. The summed E-state index contributed by atoms with van der Waals surface area (Å²) in [6, 6.07) is 7.56. The standard InChI is InChI=1S/C16H21N3O2S/c1-10(2)13-5-7-14(8-6-13)21-12(4)18-15(20)19-16-17-11(3)9-22-16/h5-10,12H,1-4H3,(H2,17,18,19,20). The quantitative estimate of drug-likeness (QED) is 0.815. The zero-order valence-corrected chi connectivity index (χ0v) is 14.0. The number of carbonyl (C=O) groups excluding carboxylic acids is 1. The van der Waals surface area contributed by atoms with E-state index in [-0.39, 0.29) is 6.03 Å². The van der Waals surface area contributed by atoms with Crippen LogP contribution in [0.25, 0.3) is 0 Å². The highest BCUT2D eigenvalue weighted by molar-refractivity contribution is 7.13. The highest BCUT2D eigenvalue weighted by atomic mass is 32.1. The third-order valence-corrected chi connectivity index (χ3v) is 3.91. The van der Waals surface area contributed by atoms with E-state index in [1.54, 1.807) is 6.92 Å². The van der Waals surface area contributed by atoms with Crippen LogP contribution in [-0.2, 0) is 0 Å². The smallest absolute Gasteiger partial charge is 0.323 e. The molecule has 2 rings (SSSR count). The van der Waals surface area contributed by atoms with Crippen molar-refractivity contribution in [3.05, 3.63) is 40.9 Å². The number of benzene rings is 1. The maximum absolute atomic E-state index is 11.8. The van der Waals surface area contributed by atoms with Crippen molar-refractivity contribution in [1.29, 1.82) is 0 Å². The van der Waals surface area contributed by atoms with E-state index in [4.69, 9.17) is 4.74 Å². The van der Waals surface area contributed by atoms with Crippen LogP contribution < -0.4 is 15.4 Å². The van der Waals surface area contributed by atoms with Gasteiger partial charge in [0, 0.05) is 5.38 Å². The van der Waals surface area contributed by atoms with Crippen LogP contribution in [0.2, 0.25) is 0 Å². The van der Waals surface area contributed by atoms with Crippen LogP contribution in [0.5, 0.6) is 5.75 Å². The molecule has 5 nitrogen and oxygen atoms in total. The van der Waals surface area contributed by atoms with Gasteiger partial charge in [-0.05, 0) is 37.5 Å². The van der Waals surface area contributed by atoms with Gasteiger partial charge in [-0.2, -0.15) is 0 Å². The first-order chi connectivity index (χ1) is 10.4. The Morgan fingerprint density at radius 2 is 1.91 bits per heavy atom. The van der Waals surface area contributed by atoms with Gasteiger partial charge < -0.3 is 10.1 Å². The summed E-state index contributed by atoms with van der Waals surface area (Å²) in [5, 5.41) is 7.85. The Labute approximate surface area is 134 Å². The fourth-order valence-corrected chi connectivity index (χ4v) is 2.58. The third kappa shape index (κ3) is 4.73. The van der Waals surface area contributed by atoms with Crippen LogP contribution in [-0.4, -0.2) is 17.2 Å². The van der Waals surface area contributed by atoms with Crippen molar-refractivity contribution < 1.29 is 9.53 Å². The summed E-state index contributed by atoms with van der Waals surface area (Å²) in [6.07, 6.45) is -0.439. The lowest BCUT2D eigenvalue weighted by molar-refractivity contribution is 0.183. The summed E-state index contributed by atoms with van der Waals surface area (Å²) in [7, 11) is 0. The predicted octanol–water partition coefficient (Wildman–Crippen LogP) is 4.12. The number of aryl methyl sites for hydroxylation is 1. The maximum Gasteiger partial charge on any atom is 0.323 e. The van der Waals surface area contributed by atoms with Gasteiger partial charge in [0.05, 0.1) is 5.69 Å². The number of rotatable bonds is 5. The van der Waals surface area contributed by atoms with E-state index in [1.165, 1.54) is 16.9 Å². The Morgan fingerprint density at radius 1 is 1.23 bits per heavy atom. The van der Waals surface area contributed by atoms with E-state index in [0.29, 0.717) is 11.0 Å². The average Bonchev–Trinajstić information content (AvgIpc) is 2.84. The molecule has 2 aromatic rings. The summed E-state index contributed by atoms with van der Waals surface area (Å²) in [6.45, 7) is 7.95. The molecule has 1 unspecified atom stereocenters. The molecule has 22 heavy (non-hydrogen) atoms. The number of aromatic nitrogens is 1. The molecule has 6 heteroatoms. The van der Waals surface area contributed by atoms with Crippen molar-refractivity contribution >= 4 is 22.5 Å². The molecular weight excluding hydrogens is 298 g/mol. The van der Waals surface area contributed by atoms with Gasteiger partial charge >= 0.3 is 6.03 Å². The number of amides is 2. The molecule has 0 saturated carbocycles. The number of nitrogens with one attached hydrogen (secondary N) is 2. The fourth-order valence-electron chi connectivity index (χ4n) is 1.89. The van der Waals surface area contributed by atoms with E-state index >= 15 is 0 Å². The van der Waals surface area contributed by atoms with Crippen LogP contribution in [0, 0.1) is 6.92 Å². The Balaban J connectivity index is 1.84. The van der Waals surface area contributed by atoms with Gasteiger partial charge in [0.15, 0.2) is 11.4 Å². The summed E-state index contributed by atoms with van der Waals surface area (Å²) >= 11 is 1.39. The van der Waals surface area contributed by atoms with Crippen LogP contribution in [0.15, 0.2) is 29.6 Å². The number of carbonyl (C=O) groups is 1. The molecule has 0 spiro atoms. The molecule has 0 saturated heterocycles. The van der Waals surface area contributed by atoms with Crippen molar-refractivity contribution in [2.75, 3.05) is 5.32 Å². The lowest BCUT2D eigenvalue weighted by Crippen LogP contribution is -2.39. The maximum atomic E-state index is 11.8. The first kappa shape index (κ1) is 16.3. The highest BCUT2D eigenvalue weighted by Gasteiger charge is 2.10. The van der Waals surface area contributed by atoms with E-state index in [2.05, 4.69) is 29.5 Å². The van der Waals surface area contributed by atoms with E-state index < -0.39 is 6.23 Å². The molecule has 118 valence electrons. The van der Waals surface area contributed by atoms with E-state index in [1.807, 2.05) is 36.6 Å². The zero-order valence-electron chi connectivity index (χ0n) is 13.2. The summed E-state index contributed by atoms with van der Waals surface area (Å²) in [5.41, 5.74) is 2.14. The Morgan fingerprint density at radius 3 is 2.45 bits per heavy atom. The van der Waals surface area contributed by atoms with Gasteiger partial charge in [0.2, 0.25) is 0 Å². The SMILES string of the molecule is Cc1csc(NC(=O)NC(C)Oc2ccc(C(C)C)cc2)n1. The number of nitrogens with zero attached hydrogens (tertiary/aromatic N) is 1. The molecule has 2 N–H and O–H groups in total. The summed E-state index contributed by atoms with van der Waals surface area (Å²) < 4.78 is 5.67. The summed E-state index contributed by atoms with van der Waals surface area (Å²) in [5.74, 6) is 1.21. The van der Waals surface area contributed by atoms with Crippen LogP contribution in [0.4, 0.5) is 9.93 Å². The second-order valence-corrected chi connectivity index (χ2v) is 6.23. The van der Waals surface area contributed by atoms with Gasteiger partial charge in [0.25, 0.3) is 0 Å². The number of thiazole rings is 1. The minimum Gasteiger partial charge on any atom is -0.471 e. The number of ether oxygens (including phenoxy) is 1. The normalized spacial score (nSPS) is 12.0. The lowest BCUT2D eigenvalue weighted by Gasteiger charge is -2.16. The second-order valence-electron chi connectivity index (χ2n) is 5.38. The van der Waals surface area contributed by atoms with Gasteiger partial charge in [-0.3, -0.25) is 5.32 Å². The second kappa shape index (κ2) is 7.26. The predicted molar refractivity (Wildman–Crippen MR) is 89.6 cm³/mol. The van der Waals surface area contributed by atoms with E-state index in [9.17, 15) is 4.79 Å². The van der Waals surface area contributed by atoms with Crippen molar-refractivity contribution in [2.24, 2.45) is 0 Å². The van der Waals surface area contributed by atoms with Crippen LogP contribution in [0.3, 0.4) is 0 Å². The largest absolute Gasteiger partial charge is 0.471 e. The fraction of sp³-hybridized carbons (Fsp3) is 0.375. The first-order valence-electron chi connectivity index (χ1n) is 7.20. The zero-order chi connectivity index (χ0) is 16.1. The average molecular weight is 319 g/mol. The molecule has 1 aromatic carbocycles. The van der Waals surface area contributed by atoms with E-state index in [0.717, 1.165) is 11.4 Å². The highest BCUT2D eigenvalue weighted by Crippen LogP contribution is 2.19. The monoisotopic (exact) mass is 319 g/mol. The number of hydrogen-bond acceptors (Lipinski definition) is 4. The minimum atomic E-state index is -0.439. The van der Waals surface area contributed by atoms with Crippen molar-refractivity contribution in [1.82, 2.24) is 10.3 Å². The molecule has 1 atom stereocenters. The van der Waals surface area contributed by atoms with Gasteiger partial charge in [-0.15, -0.1) is 11.3 Å². The molecule has 0 aliphatic carbocycles. The molecule has 0 aliphatic heterocycles. The lowest BCUT2D eigenvalue weighted by atomic mass is 10.0. The summed E-state index contributed by atoms with van der Waals surface area (Å²) in [4.78, 5) is 16.0. The number of urea groups is 1. The Hall–Kier alpha value is -2.08. The molecular formula is C16H21N3O2S. The number of hydrogen-bond donors (Lipinski definition) is 2. The van der Waals surface area contributed by atoms with Crippen molar-refractivity contribution in [2.45, 2.75) is 39.8 Å². The topological polar surface area (TPSA) is 63.2 Å². The first-order valence-corrected chi connectivity index (χ1v) is 8.08. The molecule has 1 heterocycles. The Kier molecular flexibility index (Phi) is 5.38. The van der Waals surface area contributed by atoms with Crippen LogP contribution in [0.1, 0.15) is 37.9 Å². The third-order valence-electron chi connectivity index (χ3n) is 3.03. The van der Waals surface area contributed by atoms with Crippen molar-refractivity contribution in [3.8, 4) is 5.75 Å². The van der Waals surface area contributed by atoms with Gasteiger partial charge in [-0.1, -0.05) is 26.0 Å². The molecule has 0 bridgehead atoms. The van der Waals surface area contributed by atoms with Crippen LogP contribution >= 0.6 is 11.3 Å². The molecule has 0 fully saturated rings. The number of anilines is 1. The Bertz CT molecular complexity index is 623. The van der Waals surface area contributed by atoms with Gasteiger partial charge in [-0.25, -0.2) is 9.78 Å². The van der Waals surface area contributed by atoms with Gasteiger partial charge in [0.1, 0.15) is 5.75 Å². The molecule has 0 radical (unpaired) electrons.